The van der Waals surface area contributed by atoms with Gasteiger partial charge in [-0.25, -0.2) is 0 Å². The van der Waals surface area contributed by atoms with E-state index in [1.807, 2.05) is 18.2 Å². The van der Waals surface area contributed by atoms with Gasteiger partial charge in [0, 0.05) is 6.61 Å². The summed E-state index contributed by atoms with van der Waals surface area (Å²) in [6.07, 6.45) is 21.0. The maximum Gasteiger partial charge on any atom is 0.104 e. The molecule has 0 radical (unpaired) electrons. The number of unbranched alkanes of at least 4 members (excludes halogenated alkanes) is 13. The lowest BCUT2D eigenvalue weighted by atomic mass is 10.0. The summed E-state index contributed by atoms with van der Waals surface area (Å²) >= 11 is 0. The topological polar surface area (TPSA) is 27.7 Å². The van der Waals surface area contributed by atoms with Gasteiger partial charge in [-0.1, -0.05) is 127 Å². The predicted molar refractivity (Wildman–Crippen MR) is 137 cm³/mol. The molecule has 0 amide bonds. The fourth-order valence-electron chi connectivity index (χ4n) is 3.86. The normalized spacial score (nSPS) is 12.2. The van der Waals surface area contributed by atoms with Crippen molar-refractivity contribution in [3.05, 3.63) is 48.6 Å². The summed E-state index contributed by atoms with van der Waals surface area (Å²) in [6.45, 7) is 9.06. The Morgan fingerprint density at radius 1 is 0.719 bits per heavy atom. The quantitative estimate of drug-likeness (QED) is 0.118. The lowest BCUT2D eigenvalue weighted by Gasteiger charge is -2.18. The number of benzene rings is 1. The van der Waals surface area contributed by atoms with E-state index in [-0.39, 0.29) is 6.10 Å². The molecule has 0 fully saturated rings. The fraction of sp³-hybridized carbons (Fsp3) is 0.724. The Balaban J connectivity index is 1.96. The average Bonchev–Trinajstić information content (AvgIpc) is 2.82. The second-order valence-electron chi connectivity index (χ2n) is 8.92. The molecule has 0 N–H and O–H groups in total. The van der Waals surface area contributed by atoms with E-state index in [2.05, 4.69) is 25.6 Å². The monoisotopic (exact) mass is 446 g/mol. The van der Waals surface area contributed by atoms with Gasteiger partial charge in [0.25, 0.3) is 0 Å². The number of rotatable bonds is 24. The minimum atomic E-state index is -0.0133. The molecular weight excluding hydrogens is 396 g/mol. The van der Waals surface area contributed by atoms with Crippen molar-refractivity contribution in [3.63, 3.8) is 0 Å². The van der Waals surface area contributed by atoms with Crippen molar-refractivity contribution in [1.29, 1.82) is 0 Å². The molecule has 1 atom stereocenters. The minimum absolute atomic E-state index is 0.0133. The first-order chi connectivity index (χ1) is 15.9. The predicted octanol–water partition coefficient (Wildman–Crippen LogP) is 8.27. The van der Waals surface area contributed by atoms with Crippen molar-refractivity contribution in [2.24, 2.45) is 0 Å². The summed E-state index contributed by atoms with van der Waals surface area (Å²) in [5.41, 5.74) is 1.19. The van der Waals surface area contributed by atoms with E-state index in [9.17, 15) is 0 Å². The Hall–Kier alpha value is -1.16. The Morgan fingerprint density at radius 2 is 1.25 bits per heavy atom. The van der Waals surface area contributed by atoms with Crippen LogP contribution in [0.3, 0.4) is 0 Å². The number of ether oxygens (including phenoxy) is 3. The second kappa shape index (κ2) is 23.0. The van der Waals surface area contributed by atoms with Gasteiger partial charge in [0.05, 0.1) is 26.4 Å². The lowest BCUT2D eigenvalue weighted by Crippen LogP contribution is -2.26. The van der Waals surface area contributed by atoms with E-state index in [1.165, 1.54) is 89.0 Å². The molecule has 0 saturated carbocycles. The highest BCUT2D eigenvalue weighted by Crippen LogP contribution is 2.13. The molecule has 0 aromatic heterocycles. The van der Waals surface area contributed by atoms with Crippen LogP contribution in [0.2, 0.25) is 0 Å². The zero-order valence-corrected chi connectivity index (χ0v) is 20.9. The average molecular weight is 447 g/mol. The first-order valence-electron chi connectivity index (χ1n) is 13.3. The van der Waals surface area contributed by atoms with E-state index in [0.717, 1.165) is 13.0 Å². The van der Waals surface area contributed by atoms with E-state index < -0.39 is 0 Å². The van der Waals surface area contributed by atoms with E-state index in [0.29, 0.717) is 26.4 Å². The van der Waals surface area contributed by atoms with Gasteiger partial charge in [-0.3, -0.25) is 0 Å². The number of hydrogen-bond donors (Lipinski definition) is 0. The van der Waals surface area contributed by atoms with Crippen molar-refractivity contribution in [1.82, 2.24) is 0 Å². The zero-order chi connectivity index (χ0) is 23.0. The number of hydrogen-bond acceptors (Lipinski definition) is 3. The summed E-state index contributed by atoms with van der Waals surface area (Å²) in [5, 5.41) is 0. The van der Waals surface area contributed by atoms with Crippen molar-refractivity contribution >= 4 is 0 Å². The maximum atomic E-state index is 6.05. The Labute approximate surface area is 198 Å². The minimum Gasteiger partial charge on any atom is -0.375 e. The third-order valence-corrected chi connectivity index (χ3v) is 5.81. The van der Waals surface area contributed by atoms with Crippen LogP contribution in [0.5, 0.6) is 0 Å². The molecular formula is C29H50O3. The van der Waals surface area contributed by atoms with Crippen LogP contribution in [0, 0.1) is 0 Å². The summed E-state index contributed by atoms with van der Waals surface area (Å²) in [4.78, 5) is 0. The van der Waals surface area contributed by atoms with E-state index >= 15 is 0 Å². The van der Waals surface area contributed by atoms with Crippen molar-refractivity contribution in [2.75, 3.05) is 26.4 Å². The Kier molecular flexibility index (Phi) is 20.8. The van der Waals surface area contributed by atoms with Crippen molar-refractivity contribution < 1.29 is 14.2 Å². The highest BCUT2D eigenvalue weighted by molar-refractivity contribution is 5.13. The van der Waals surface area contributed by atoms with Crippen molar-refractivity contribution in [3.8, 4) is 0 Å². The SMILES string of the molecule is C=CCOCC(COCc1ccccc1)OCCCCCCCCCCCCCCCC. The molecule has 0 aliphatic rings. The molecule has 32 heavy (non-hydrogen) atoms. The first kappa shape index (κ1) is 28.9. The van der Waals surface area contributed by atoms with Gasteiger partial charge in [0.2, 0.25) is 0 Å². The molecule has 0 heterocycles. The van der Waals surface area contributed by atoms with E-state index in [1.54, 1.807) is 6.08 Å². The molecule has 1 aromatic carbocycles. The molecule has 0 bridgehead atoms. The standard InChI is InChI=1S/C29H50O3/c1-3-5-6-7-8-9-10-11-12-13-14-15-16-20-24-32-29(26-30-23-4-2)27-31-25-28-21-18-17-19-22-28/h4,17-19,21-22,29H,2-3,5-16,20,23-27H2,1H3. The van der Waals surface area contributed by atoms with Crippen LogP contribution >= 0.6 is 0 Å². The van der Waals surface area contributed by atoms with E-state index in [4.69, 9.17) is 14.2 Å². The Bertz CT molecular complexity index is 502. The van der Waals surface area contributed by atoms with Crippen LogP contribution in [0.1, 0.15) is 102 Å². The smallest absolute Gasteiger partial charge is 0.104 e. The Morgan fingerprint density at radius 3 is 1.81 bits per heavy atom. The molecule has 1 aromatic rings. The summed E-state index contributed by atoms with van der Waals surface area (Å²) in [6, 6.07) is 10.3. The third kappa shape index (κ3) is 18.4. The first-order valence-corrected chi connectivity index (χ1v) is 13.3. The van der Waals surface area contributed by atoms with Crippen LogP contribution < -0.4 is 0 Å². The molecule has 0 aliphatic carbocycles. The van der Waals surface area contributed by atoms with Gasteiger partial charge in [0.1, 0.15) is 6.10 Å². The summed E-state index contributed by atoms with van der Waals surface area (Å²) < 4.78 is 17.5. The molecule has 0 saturated heterocycles. The summed E-state index contributed by atoms with van der Waals surface area (Å²) in [7, 11) is 0. The second-order valence-corrected chi connectivity index (χ2v) is 8.92. The molecule has 184 valence electrons. The van der Waals surface area contributed by atoms with Crippen LogP contribution in [-0.4, -0.2) is 32.5 Å². The van der Waals surface area contributed by atoms with Gasteiger partial charge in [-0.15, -0.1) is 6.58 Å². The van der Waals surface area contributed by atoms with Crippen molar-refractivity contribution in [2.45, 2.75) is 110 Å². The van der Waals surface area contributed by atoms with Crippen LogP contribution in [0.15, 0.2) is 43.0 Å². The summed E-state index contributed by atoms with van der Waals surface area (Å²) in [5.74, 6) is 0. The molecule has 3 nitrogen and oxygen atoms in total. The molecule has 0 aliphatic heterocycles. The third-order valence-electron chi connectivity index (χ3n) is 5.81. The molecule has 3 heteroatoms. The molecule has 1 rings (SSSR count). The fourth-order valence-corrected chi connectivity index (χ4v) is 3.86. The molecule has 1 unspecified atom stereocenters. The highest BCUT2D eigenvalue weighted by Gasteiger charge is 2.10. The van der Waals surface area contributed by atoms with Gasteiger partial charge in [0.15, 0.2) is 0 Å². The lowest BCUT2D eigenvalue weighted by molar-refractivity contribution is -0.0603. The van der Waals surface area contributed by atoms with Gasteiger partial charge < -0.3 is 14.2 Å². The van der Waals surface area contributed by atoms with Crippen LogP contribution in [-0.2, 0) is 20.8 Å². The largest absolute Gasteiger partial charge is 0.375 e. The van der Waals surface area contributed by atoms with Gasteiger partial charge >= 0.3 is 0 Å². The van der Waals surface area contributed by atoms with Gasteiger partial charge in [-0.05, 0) is 12.0 Å². The van der Waals surface area contributed by atoms with Gasteiger partial charge in [-0.2, -0.15) is 0 Å². The zero-order valence-electron chi connectivity index (χ0n) is 20.9. The van der Waals surface area contributed by atoms with Crippen LogP contribution in [0.4, 0.5) is 0 Å². The van der Waals surface area contributed by atoms with Crippen LogP contribution in [0.25, 0.3) is 0 Å². The molecule has 0 spiro atoms. The maximum absolute atomic E-state index is 6.05. The highest BCUT2D eigenvalue weighted by atomic mass is 16.6.